The molecule has 0 aliphatic rings. The van der Waals surface area contributed by atoms with Gasteiger partial charge in [0.25, 0.3) is 0 Å². The van der Waals surface area contributed by atoms with Crippen molar-refractivity contribution in [3.8, 4) is 22.5 Å². The first-order valence-corrected chi connectivity index (χ1v) is 10.8. The fourth-order valence-electron chi connectivity index (χ4n) is 3.74. The summed E-state index contributed by atoms with van der Waals surface area (Å²) >= 11 is 0. The molecule has 170 valence electrons. The molecule has 0 aliphatic carbocycles. The highest BCUT2D eigenvalue weighted by Gasteiger charge is 2.30. The molecule has 33 heavy (non-hydrogen) atoms. The molecule has 0 radical (unpaired) electrons. The highest BCUT2D eigenvalue weighted by Crippen LogP contribution is 2.33. The lowest BCUT2D eigenvalue weighted by molar-refractivity contribution is -0.137. The maximum absolute atomic E-state index is 13.2. The number of alkyl halides is 3. The van der Waals surface area contributed by atoms with Gasteiger partial charge in [0.15, 0.2) is 5.82 Å². The monoisotopic (exact) mass is 450 g/mol. The molecule has 4 nitrogen and oxygen atoms in total. The molecular formula is C26H25F3N4. The molecule has 0 saturated heterocycles. The summed E-state index contributed by atoms with van der Waals surface area (Å²) in [5.74, 6) is 1.28. The number of aromatic nitrogens is 2. The lowest BCUT2D eigenvalue weighted by atomic mass is 10.0. The molecule has 0 aliphatic heterocycles. The second-order valence-electron chi connectivity index (χ2n) is 7.91. The smallest absolute Gasteiger partial charge is 0.369 e. The Balaban J connectivity index is 1.76. The van der Waals surface area contributed by atoms with Crippen LogP contribution in [-0.2, 0) is 6.18 Å². The lowest BCUT2D eigenvalue weighted by Crippen LogP contribution is -2.14. The maximum atomic E-state index is 13.2. The van der Waals surface area contributed by atoms with Crippen molar-refractivity contribution in [3.05, 3.63) is 77.9 Å². The van der Waals surface area contributed by atoms with Crippen molar-refractivity contribution in [2.75, 3.05) is 25.5 Å². The van der Waals surface area contributed by atoms with Gasteiger partial charge in [-0.05, 0) is 67.9 Å². The fourth-order valence-corrected chi connectivity index (χ4v) is 3.74. The topological polar surface area (TPSA) is 49.8 Å². The predicted molar refractivity (Wildman–Crippen MR) is 127 cm³/mol. The summed E-state index contributed by atoms with van der Waals surface area (Å²) in [5.41, 5.74) is 3.13. The molecule has 0 fully saturated rings. The van der Waals surface area contributed by atoms with Crippen LogP contribution in [0.4, 0.5) is 19.0 Å². The molecule has 4 rings (SSSR count). The number of para-hydroxylation sites is 1. The van der Waals surface area contributed by atoms with E-state index in [0.29, 0.717) is 17.0 Å². The van der Waals surface area contributed by atoms with Gasteiger partial charge in [-0.2, -0.15) is 13.2 Å². The largest absolute Gasteiger partial charge is 0.416 e. The second kappa shape index (κ2) is 9.58. The van der Waals surface area contributed by atoms with E-state index in [4.69, 9.17) is 9.97 Å². The van der Waals surface area contributed by atoms with Gasteiger partial charge in [-0.25, -0.2) is 9.97 Å². The summed E-state index contributed by atoms with van der Waals surface area (Å²) < 4.78 is 39.5. The molecule has 1 aromatic heterocycles. The fraction of sp³-hybridized carbons (Fsp3) is 0.231. The van der Waals surface area contributed by atoms with Crippen molar-refractivity contribution in [1.82, 2.24) is 15.3 Å². The van der Waals surface area contributed by atoms with Crippen LogP contribution in [0.3, 0.4) is 0 Å². The van der Waals surface area contributed by atoms with E-state index in [9.17, 15) is 13.2 Å². The van der Waals surface area contributed by atoms with E-state index in [-0.39, 0.29) is 0 Å². The molecule has 0 atom stereocenters. The zero-order valence-electron chi connectivity index (χ0n) is 18.5. The third-order valence-electron chi connectivity index (χ3n) is 5.47. The summed E-state index contributed by atoms with van der Waals surface area (Å²) in [6, 6.07) is 18.6. The molecule has 2 N–H and O–H groups in total. The highest BCUT2D eigenvalue weighted by molar-refractivity contribution is 5.92. The van der Waals surface area contributed by atoms with Crippen LogP contribution in [0.5, 0.6) is 0 Å². The minimum absolute atomic E-state index is 0.494. The summed E-state index contributed by atoms with van der Waals surface area (Å²) in [4.78, 5) is 9.58. The standard InChI is InChI=1S/C26H25F3N4/c1-17-7-3-12-22-23(17)32-24(33-25(22)31-14-6-13-30-2)20-10-4-8-18(15-20)19-9-5-11-21(16-19)26(27,28)29/h3-5,7-12,15-16,30H,6,13-14H2,1-2H3,(H,31,32,33). The van der Waals surface area contributed by atoms with E-state index in [1.807, 2.05) is 50.4 Å². The Morgan fingerprint density at radius 3 is 2.27 bits per heavy atom. The van der Waals surface area contributed by atoms with E-state index < -0.39 is 11.7 Å². The molecule has 0 saturated carbocycles. The minimum Gasteiger partial charge on any atom is -0.369 e. The van der Waals surface area contributed by atoms with Crippen molar-refractivity contribution < 1.29 is 13.2 Å². The summed E-state index contributed by atoms with van der Waals surface area (Å²) in [5, 5.41) is 7.49. The van der Waals surface area contributed by atoms with Crippen molar-refractivity contribution in [3.63, 3.8) is 0 Å². The van der Waals surface area contributed by atoms with E-state index in [2.05, 4.69) is 10.6 Å². The van der Waals surface area contributed by atoms with Crippen LogP contribution in [0.15, 0.2) is 66.7 Å². The van der Waals surface area contributed by atoms with Crippen LogP contribution >= 0.6 is 0 Å². The first-order valence-electron chi connectivity index (χ1n) is 10.8. The van der Waals surface area contributed by atoms with Crippen LogP contribution in [0.1, 0.15) is 17.5 Å². The summed E-state index contributed by atoms with van der Waals surface area (Å²) in [6.45, 7) is 3.65. The number of aryl methyl sites for hydroxylation is 1. The van der Waals surface area contributed by atoms with Crippen molar-refractivity contribution in [1.29, 1.82) is 0 Å². The number of nitrogens with zero attached hydrogens (tertiary/aromatic N) is 2. The van der Waals surface area contributed by atoms with Gasteiger partial charge in [-0.3, -0.25) is 0 Å². The minimum atomic E-state index is -4.39. The third kappa shape index (κ3) is 5.14. The third-order valence-corrected chi connectivity index (χ3v) is 5.47. The number of benzene rings is 3. The number of halogens is 3. The predicted octanol–water partition coefficient (Wildman–Crippen LogP) is 6.31. The first-order chi connectivity index (χ1) is 15.9. The SMILES string of the molecule is CNCCCNc1nc(-c2cccc(-c3cccc(C(F)(F)F)c3)c2)nc2c(C)cccc12. The Labute approximate surface area is 190 Å². The molecule has 0 amide bonds. The van der Waals surface area contributed by atoms with Gasteiger partial charge in [0.1, 0.15) is 5.82 Å². The Bertz CT molecular complexity index is 1270. The van der Waals surface area contributed by atoms with Crippen molar-refractivity contribution >= 4 is 16.7 Å². The van der Waals surface area contributed by atoms with Crippen LogP contribution < -0.4 is 10.6 Å². The van der Waals surface area contributed by atoms with E-state index >= 15 is 0 Å². The Morgan fingerprint density at radius 2 is 1.52 bits per heavy atom. The average molecular weight is 451 g/mol. The van der Waals surface area contributed by atoms with Gasteiger partial charge in [-0.15, -0.1) is 0 Å². The van der Waals surface area contributed by atoms with Gasteiger partial charge in [0.05, 0.1) is 11.1 Å². The molecule has 0 bridgehead atoms. The molecule has 0 spiro atoms. The molecule has 3 aromatic carbocycles. The molecular weight excluding hydrogens is 425 g/mol. The van der Waals surface area contributed by atoms with Crippen LogP contribution in [0.25, 0.3) is 33.4 Å². The van der Waals surface area contributed by atoms with Gasteiger partial charge >= 0.3 is 6.18 Å². The van der Waals surface area contributed by atoms with Crippen molar-refractivity contribution in [2.45, 2.75) is 19.5 Å². The molecule has 0 unspecified atom stereocenters. The normalized spacial score (nSPS) is 11.7. The Kier molecular flexibility index (Phi) is 6.60. The summed E-state index contributed by atoms with van der Waals surface area (Å²) in [6.07, 6.45) is -3.45. The first kappa shape index (κ1) is 22.7. The van der Waals surface area contributed by atoms with Crippen LogP contribution in [0, 0.1) is 6.92 Å². The van der Waals surface area contributed by atoms with Gasteiger partial charge < -0.3 is 10.6 Å². The quantitative estimate of drug-likeness (QED) is 0.324. The lowest BCUT2D eigenvalue weighted by Gasteiger charge is -2.13. The van der Waals surface area contributed by atoms with Gasteiger partial charge in [-0.1, -0.05) is 42.5 Å². The number of hydrogen-bond acceptors (Lipinski definition) is 4. The number of fused-ring (bicyclic) bond motifs is 1. The maximum Gasteiger partial charge on any atom is 0.416 e. The Morgan fingerprint density at radius 1 is 0.818 bits per heavy atom. The Hall–Kier alpha value is -3.45. The number of anilines is 1. The van der Waals surface area contributed by atoms with Gasteiger partial charge in [0.2, 0.25) is 0 Å². The molecule has 7 heteroatoms. The van der Waals surface area contributed by atoms with E-state index in [1.54, 1.807) is 12.1 Å². The molecule has 4 aromatic rings. The number of hydrogen-bond donors (Lipinski definition) is 2. The molecule has 1 heterocycles. The number of rotatable bonds is 7. The van der Waals surface area contributed by atoms with Gasteiger partial charge in [0, 0.05) is 17.5 Å². The zero-order chi connectivity index (χ0) is 23.4. The van der Waals surface area contributed by atoms with E-state index in [0.717, 1.165) is 53.4 Å². The van der Waals surface area contributed by atoms with E-state index in [1.165, 1.54) is 12.1 Å². The van der Waals surface area contributed by atoms with Crippen molar-refractivity contribution in [2.24, 2.45) is 0 Å². The zero-order valence-corrected chi connectivity index (χ0v) is 18.5. The highest BCUT2D eigenvalue weighted by atomic mass is 19.4. The number of nitrogens with one attached hydrogen (secondary N) is 2. The van der Waals surface area contributed by atoms with Crippen LogP contribution in [0.2, 0.25) is 0 Å². The average Bonchev–Trinajstić information content (AvgIpc) is 2.82. The van der Waals surface area contributed by atoms with Crippen LogP contribution in [-0.4, -0.2) is 30.1 Å². The second-order valence-corrected chi connectivity index (χ2v) is 7.91. The summed E-state index contributed by atoms with van der Waals surface area (Å²) in [7, 11) is 1.92.